The number of carbonyl (C=O) groups is 1. The van der Waals surface area contributed by atoms with Crippen molar-refractivity contribution in [3.8, 4) is 17.6 Å². The Balaban J connectivity index is 1.60. The van der Waals surface area contributed by atoms with Crippen LogP contribution < -0.4 is 10.1 Å². The zero-order valence-corrected chi connectivity index (χ0v) is 15.2. The van der Waals surface area contributed by atoms with Crippen molar-refractivity contribution in [2.45, 2.75) is 6.61 Å². The molecule has 0 saturated heterocycles. The number of benzene rings is 2. The van der Waals surface area contributed by atoms with Crippen LogP contribution in [0.1, 0.15) is 16.8 Å². The van der Waals surface area contributed by atoms with Crippen LogP contribution in [0.25, 0.3) is 6.08 Å². The number of pyridine rings is 1. The van der Waals surface area contributed by atoms with Gasteiger partial charge in [0.15, 0.2) is 0 Å². The van der Waals surface area contributed by atoms with E-state index in [4.69, 9.17) is 0 Å². The van der Waals surface area contributed by atoms with Crippen LogP contribution in [0.15, 0.2) is 79.0 Å². The molecule has 4 nitrogen and oxygen atoms in total. The van der Waals surface area contributed by atoms with Crippen LogP contribution in [0.2, 0.25) is 0 Å². The van der Waals surface area contributed by atoms with Crippen LogP contribution >= 0.6 is 0 Å². The van der Waals surface area contributed by atoms with E-state index >= 15 is 0 Å². The van der Waals surface area contributed by atoms with Crippen LogP contribution in [0.5, 0.6) is 5.75 Å². The average Bonchev–Trinajstić information content (AvgIpc) is 2.72. The Hall–Kier alpha value is -3.98. The molecule has 1 N–H and O–H groups in total. The molecule has 0 radical (unpaired) electrons. The Kier molecular flexibility index (Phi) is 6.69. The number of alkyl halides is 2. The minimum atomic E-state index is -2.87. The van der Waals surface area contributed by atoms with Crippen molar-refractivity contribution in [3.63, 3.8) is 0 Å². The van der Waals surface area contributed by atoms with Gasteiger partial charge in [0, 0.05) is 23.5 Å². The van der Waals surface area contributed by atoms with E-state index in [2.05, 4.69) is 26.9 Å². The third-order valence-electron chi connectivity index (χ3n) is 3.66. The smallest absolute Gasteiger partial charge is 0.387 e. The van der Waals surface area contributed by atoms with E-state index in [1.807, 2.05) is 24.3 Å². The zero-order chi connectivity index (χ0) is 20.5. The van der Waals surface area contributed by atoms with Gasteiger partial charge in [-0.25, -0.2) is 4.98 Å². The quantitative estimate of drug-likeness (QED) is 0.506. The summed E-state index contributed by atoms with van der Waals surface area (Å²) < 4.78 is 28.6. The normalized spacial score (nSPS) is 10.4. The van der Waals surface area contributed by atoms with E-state index in [0.29, 0.717) is 16.9 Å². The number of ether oxygens (including phenoxy) is 1. The van der Waals surface area contributed by atoms with Gasteiger partial charge in [0.1, 0.15) is 11.4 Å². The molecule has 0 spiro atoms. The topological polar surface area (TPSA) is 51.2 Å². The van der Waals surface area contributed by atoms with Gasteiger partial charge >= 0.3 is 6.61 Å². The van der Waals surface area contributed by atoms with Crippen molar-refractivity contribution in [1.82, 2.24) is 4.98 Å². The molecule has 0 aliphatic rings. The summed E-state index contributed by atoms with van der Waals surface area (Å²) in [5.74, 6) is 5.70. The van der Waals surface area contributed by atoms with Gasteiger partial charge in [-0.2, -0.15) is 8.78 Å². The van der Waals surface area contributed by atoms with Gasteiger partial charge in [0.05, 0.1) is 0 Å². The molecule has 2 aromatic carbocycles. The summed E-state index contributed by atoms with van der Waals surface area (Å²) in [4.78, 5) is 16.3. The number of nitrogens with one attached hydrogen (secondary N) is 1. The third kappa shape index (κ3) is 6.60. The minimum Gasteiger partial charge on any atom is -0.435 e. The highest BCUT2D eigenvalue weighted by molar-refractivity contribution is 6.02. The Labute approximate surface area is 166 Å². The molecule has 1 aromatic heterocycles. The fraction of sp³-hybridized carbons (Fsp3) is 0.0435. The van der Waals surface area contributed by atoms with Crippen molar-refractivity contribution in [2.75, 3.05) is 5.32 Å². The predicted molar refractivity (Wildman–Crippen MR) is 107 cm³/mol. The van der Waals surface area contributed by atoms with Crippen molar-refractivity contribution >= 4 is 17.7 Å². The van der Waals surface area contributed by atoms with Crippen molar-refractivity contribution < 1.29 is 18.3 Å². The molecule has 0 atom stereocenters. The Bertz CT molecular complexity index is 1050. The van der Waals surface area contributed by atoms with Crippen molar-refractivity contribution in [2.24, 2.45) is 0 Å². The molecule has 0 unspecified atom stereocenters. The van der Waals surface area contributed by atoms with Crippen LogP contribution in [0.4, 0.5) is 14.5 Å². The molecular weight excluding hydrogens is 374 g/mol. The van der Waals surface area contributed by atoms with Gasteiger partial charge in [-0.15, -0.1) is 0 Å². The molecule has 0 fully saturated rings. The summed E-state index contributed by atoms with van der Waals surface area (Å²) in [5, 5.41) is 2.76. The fourth-order valence-electron chi connectivity index (χ4n) is 2.36. The molecule has 6 heteroatoms. The van der Waals surface area contributed by atoms with E-state index in [1.165, 1.54) is 18.2 Å². The first kappa shape index (κ1) is 19.8. The number of carbonyl (C=O) groups excluding carboxylic acids is 1. The summed E-state index contributed by atoms with van der Waals surface area (Å²) >= 11 is 0. The van der Waals surface area contributed by atoms with E-state index in [9.17, 15) is 13.6 Å². The second-order valence-electron chi connectivity index (χ2n) is 5.82. The van der Waals surface area contributed by atoms with Crippen LogP contribution in [-0.2, 0) is 4.79 Å². The summed E-state index contributed by atoms with van der Waals surface area (Å²) in [5.41, 5.74) is 2.69. The molecule has 0 bridgehead atoms. The van der Waals surface area contributed by atoms with Crippen molar-refractivity contribution in [3.05, 3.63) is 95.8 Å². The summed E-state index contributed by atoms with van der Waals surface area (Å²) in [6.45, 7) is -2.87. The number of amides is 1. The largest absolute Gasteiger partial charge is 0.435 e. The zero-order valence-electron chi connectivity index (χ0n) is 15.2. The molecule has 0 aliphatic carbocycles. The predicted octanol–water partition coefficient (Wildman–Crippen LogP) is 4.73. The number of halogens is 2. The highest BCUT2D eigenvalue weighted by atomic mass is 19.3. The van der Waals surface area contributed by atoms with E-state index in [1.54, 1.807) is 42.6 Å². The SMILES string of the molecule is O=C(/C=C/c1ccc(OC(F)F)cc1)Nc1cccc(C#Cc2ccccn2)c1. The Morgan fingerprint density at radius 3 is 2.59 bits per heavy atom. The van der Waals surface area contributed by atoms with Gasteiger partial charge in [-0.3, -0.25) is 4.79 Å². The van der Waals surface area contributed by atoms with Crippen LogP contribution in [-0.4, -0.2) is 17.5 Å². The van der Waals surface area contributed by atoms with Gasteiger partial charge in [0.25, 0.3) is 0 Å². The van der Waals surface area contributed by atoms with Gasteiger partial charge in [-0.05, 0) is 60.0 Å². The maximum absolute atomic E-state index is 12.1. The molecule has 3 aromatic rings. The maximum atomic E-state index is 12.1. The maximum Gasteiger partial charge on any atom is 0.387 e. The minimum absolute atomic E-state index is 0.0604. The third-order valence-corrected chi connectivity index (χ3v) is 3.66. The summed E-state index contributed by atoms with van der Waals surface area (Å²) in [6, 6.07) is 18.6. The van der Waals surface area contributed by atoms with Crippen molar-refractivity contribution in [1.29, 1.82) is 0 Å². The lowest BCUT2D eigenvalue weighted by atomic mass is 10.2. The standard InChI is InChI=1S/C23H16F2N2O2/c24-23(25)29-21-12-8-17(9-13-21)10-14-22(28)27-20-6-3-4-18(16-20)7-11-19-5-1-2-15-26-19/h1-6,8-10,12-16,23H,(H,27,28)/b14-10+. The average molecular weight is 390 g/mol. The van der Waals surface area contributed by atoms with Crippen LogP contribution in [0.3, 0.4) is 0 Å². The monoisotopic (exact) mass is 390 g/mol. The lowest BCUT2D eigenvalue weighted by molar-refractivity contribution is -0.111. The number of aromatic nitrogens is 1. The van der Waals surface area contributed by atoms with Gasteiger partial charge < -0.3 is 10.1 Å². The second kappa shape index (κ2) is 9.81. The lowest BCUT2D eigenvalue weighted by Gasteiger charge is -2.04. The first-order valence-corrected chi connectivity index (χ1v) is 8.65. The molecule has 1 amide bonds. The molecular formula is C23H16F2N2O2. The van der Waals surface area contributed by atoms with Gasteiger partial charge in [0.2, 0.25) is 5.91 Å². The number of hydrogen-bond donors (Lipinski definition) is 1. The molecule has 144 valence electrons. The number of anilines is 1. The van der Waals surface area contributed by atoms with E-state index in [-0.39, 0.29) is 11.7 Å². The molecule has 1 heterocycles. The van der Waals surface area contributed by atoms with E-state index in [0.717, 1.165) is 5.56 Å². The van der Waals surface area contributed by atoms with Gasteiger partial charge in [-0.1, -0.05) is 30.2 Å². The molecule has 0 aliphatic heterocycles. The lowest BCUT2D eigenvalue weighted by Crippen LogP contribution is -2.07. The first-order valence-electron chi connectivity index (χ1n) is 8.65. The Morgan fingerprint density at radius 2 is 1.86 bits per heavy atom. The van der Waals surface area contributed by atoms with Crippen LogP contribution in [0, 0.1) is 11.8 Å². The molecule has 29 heavy (non-hydrogen) atoms. The fourth-order valence-corrected chi connectivity index (χ4v) is 2.36. The number of nitrogens with zero attached hydrogens (tertiary/aromatic N) is 1. The van der Waals surface area contributed by atoms with E-state index < -0.39 is 6.61 Å². The number of rotatable bonds is 5. The first-order chi connectivity index (χ1) is 14.1. The summed E-state index contributed by atoms with van der Waals surface area (Å²) in [6.07, 6.45) is 4.60. The Morgan fingerprint density at radius 1 is 1.03 bits per heavy atom. The molecule has 0 saturated carbocycles. The highest BCUT2D eigenvalue weighted by Gasteiger charge is 2.03. The second-order valence-corrected chi connectivity index (χ2v) is 5.82. The highest BCUT2D eigenvalue weighted by Crippen LogP contribution is 2.16. The number of hydrogen-bond acceptors (Lipinski definition) is 3. The summed E-state index contributed by atoms with van der Waals surface area (Å²) in [7, 11) is 0. The molecule has 3 rings (SSSR count).